The van der Waals surface area contributed by atoms with Crippen LogP contribution in [-0.4, -0.2) is 9.55 Å². The van der Waals surface area contributed by atoms with E-state index in [9.17, 15) is 0 Å². The molecule has 0 aliphatic carbocycles. The number of nitrogens with zero attached hydrogens (tertiary/aromatic N) is 2. The van der Waals surface area contributed by atoms with Crippen LogP contribution in [0.1, 0.15) is 5.56 Å². The zero-order valence-corrected chi connectivity index (χ0v) is 8.59. The van der Waals surface area contributed by atoms with Crippen molar-refractivity contribution < 1.29 is 0 Å². The van der Waals surface area contributed by atoms with E-state index in [0.717, 1.165) is 10.3 Å². The fraction of sp³-hybridized carbons (Fsp3) is 0.222. The van der Waals surface area contributed by atoms with Crippen molar-refractivity contribution in [2.75, 3.05) is 0 Å². The highest BCUT2D eigenvalue weighted by Crippen LogP contribution is 2.21. The number of hydrogen-bond acceptors (Lipinski definition) is 1. The second kappa shape index (κ2) is 2.59. The van der Waals surface area contributed by atoms with Crippen molar-refractivity contribution in [3.05, 3.63) is 28.5 Å². The molecule has 0 fully saturated rings. The van der Waals surface area contributed by atoms with Crippen LogP contribution in [-0.2, 0) is 7.05 Å². The van der Waals surface area contributed by atoms with Gasteiger partial charge < -0.3 is 4.57 Å². The second-order valence-corrected chi connectivity index (χ2v) is 3.59. The lowest BCUT2D eigenvalue weighted by Crippen LogP contribution is -1.88. The first-order valence-corrected chi connectivity index (χ1v) is 4.57. The van der Waals surface area contributed by atoms with Crippen molar-refractivity contribution in [3.8, 4) is 0 Å². The molecule has 0 unspecified atom stereocenters. The summed E-state index contributed by atoms with van der Waals surface area (Å²) in [5, 5.41) is 0. The Morgan fingerprint density at radius 2 is 2.17 bits per heavy atom. The van der Waals surface area contributed by atoms with E-state index in [0.29, 0.717) is 0 Å². The van der Waals surface area contributed by atoms with Gasteiger partial charge in [0.15, 0.2) is 4.73 Å². The Hall–Kier alpha value is -0.830. The normalized spacial score (nSPS) is 10.9. The van der Waals surface area contributed by atoms with E-state index in [1.807, 2.05) is 23.7 Å². The number of benzene rings is 1. The number of aromatic nitrogens is 2. The third-order valence-electron chi connectivity index (χ3n) is 2.04. The summed E-state index contributed by atoms with van der Waals surface area (Å²) >= 11 is 3.39. The molecule has 3 heteroatoms. The van der Waals surface area contributed by atoms with Gasteiger partial charge in [0.1, 0.15) is 0 Å². The first-order chi connectivity index (χ1) is 5.70. The Kier molecular flexibility index (Phi) is 1.68. The van der Waals surface area contributed by atoms with Crippen LogP contribution < -0.4 is 0 Å². The predicted octanol–water partition coefficient (Wildman–Crippen LogP) is 2.64. The number of imidazole rings is 1. The number of fused-ring (bicyclic) bond motifs is 1. The van der Waals surface area contributed by atoms with Crippen LogP contribution in [0.3, 0.4) is 0 Å². The van der Waals surface area contributed by atoms with Crippen molar-refractivity contribution in [3.63, 3.8) is 0 Å². The van der Waals surface area contributed by atoms with Gasteiger partial charge in [-0.25, -0.2) is 4.98 Å². The number of hydrogen-bond donors (Lipinski definition) is 0. The minimum absolute atomic E-state index is 0.881. The minimum atomic E-state index is 0.881. The lowest BCUT2D eigenvalue weighted by molar-refractivity contribution is 0.909. The number of aryl methyl sites for hydroxylation is 2. The Balaban J connectivity index is 2.97. The van der Waals surface area contributed by atoms with Gasteiger partial charge in [-0.2, -0.15) is 0 Å². The molecule has 0 spiro atoms. The molecule has 0 saturated heterocycles. The molecule has 0 N–H and O–H groups in total. The lowest BCUT2D eigenvalue weighted by Gasteiger charge is -1.98. The van der Waals surface area contributed by atoms with Gasteiger partial charge in [-0.3, -0.25) is 0 Å². The molecule has 12 heavy (non-hydrogen) atoms. The molecular formula is C9H9BrN2. The largest absolute Gasteiger partial charge is 0.321 e. The fourth-order valence-electron chi connectivity index (χ4n) is 1.44. The highest BCUT2D eigenvalue weighted by Gasteiger charge is 2.05. The summed E-state index contributed by atoms with van der Waals surface area (Å²) in [7, 11) is 2.01. The van der Waals surface area contributed by atoms with Crippen molar-refractivity contribution in [2.45, 2.75) is 6.92 Å². The fourth-order valence-corrected chi connectivity index (χ4v) is 1.81. The summed E-state index contributed by atoms with van der Waals surface area (Å²) in [6, 6.07) is 6.14. The standard InChI is InChI=1S/C9H9BrN2/c1-6-4-3-5-7-8(6)12(2)9(10)11-7/h3-5H,1-2H3. The SMILES string of the molecule is Cc1cccc2nc(Br)n(C)c12. The molecule has 0 aliphatic rings. The summed E-state index contributed by atoms with van der Waals surface area (Å²) in [5.41, 5.74) is 3.50. The maximum Gasteiger partial charge on any atom is 0.177 e. The monoisotopic (exact) mass is 224 g/mol. The molecule has 0 radical (unpaired) electrons. The van der Waals surface area contributed by atoms with E-state index in [1.165, 1.54) is 11.1 Å². The van der Waals surface area contributed by atoms with E-state index in [4.69, 9.17) is 0 Å². The average Bonchev–Trinajstić information content (AvgIpc) is 2.29. The molecule has 1 aromatic carbocycles. The molecule has 2 nitrogen and oxygen atoms in total. The highest BCUT2D eigenvalue weighted by molar-refractivity contribution is 9.10. The van der Waals surface area contributed by atoms with Gasteiger partial charge in [-0.15, -0.1) is 0 Å². The van der Waals surface area contributed by atoms with E-state index in [2.05, 4.69) is 33.9 Å². The third-order valence-corrected chi connectivity index (χ3v) is 2.75. The molecule has 1 aromatic heterocycles. The summed E-state index contributed by atoms with van der Waals surface area (Å²) in [4.78, 5) is 4.35. The van der Waals surface area contributed by atoms with Crippen LogP contribution in [0.2, 0.25) is 0 Å². The Morgan fingerprint density at radius 1 is 1.42 bits per heavy atom. The molecule has 2 rings (SSSR count). The zero-order valence-electron chi connectivity index (χ0n) is 7.00. The molecule has 0 bridgehead atoms. The van der Waals surface area contributed by atoms with E-state index < -0.39 is 0 Å². The van der Waals surface area contributed by atoms with E-state index in [-0.39, 0.29) is 0 Å². The van der Waals surface area contributed by atoms with Crippen LogP contribution in [0.4, 0.5) is 0 Å². The minimum Gasteiger partial charge on any atom is -0.321 e. The van der Waals surface area contributed by atoms with Crippen LogP contribution >= 0.6 is 15.9 Å². The first-order valence-electron chi connectivity index (χ1n) is 3.77. The second-order valence-electron chi connectivity index (χ2n) is 2.88. The maximum atomic E-state index is 4.35. The molecule has 1 heterocycles. The molecule has 0 amide bonds. The molecule has 2 aromatic rings. The number of para-hydroxylation sites is 1. The van der Waals surface area contributed by atoms with Crippen molar-refractivity contribution in [1.82, 2.24) is 9.55 Å². The van der Waals surface area contributed by atoms with E-state index >= 15 is 0 Å². The Bertz CT molecular complexity index is 431. The predicted molar refractivity (Wildman–Crippen MR) is 53.2 cm³/mol. The van der Waals surface area contributed by atoms with E-state index in [1.54, 1.807) is 0 Å². The molecule has 62 valence electrons. The molecule has 0 atom stereocenters. The quantitative estimate of drug-likeness (QED) is 0.673. The van der Waals surface area contributed by atoms with Gasteiger partial charge in [0.2, 0.25) is 0 Å². The van der Waals surface area contributed by atoms with Gasteiger partial charge >= 0.3 is 0 Å². The van der Waals surface area contributed by atoms with Crippen LogP contribution in [0.15, 0.2) is 22.9 Å². The lowest BCUT2D eigenvalue weighted by atomic mass is 10.2. The van der Waals surface area contributed by atoms with Crippen molar-refractivity contribution in [2.24, 2.45) is 7.05 Å². The molecule has 0 saturated carbocycles. The zero-order chi connectivity index (χ0) is 8.72. The van der Waals surface area contributed by atoms with Gasteiger partial charge in [0, 0.05) is 7.05 Å². The summed E-state index contributed by atoms with van der Waals surface area (Å²) in [5.74, 6) is 0. The summed E-state index contributed by atoms with van der Waals surface area (Å²) < 4.78 is 2.93. The Labute approximate surface area is 79.3 Å². The smallest absolute Gasteiger partial charge is 0.177 e. The van der Waals surface area contributed by atoms with Gasteiger partial charge in [0.05, 0.1) is 11.0 Å². The molecule has 0 aliphatic heterocycles. The van der Waals surface area contributed by atoms with Crippen LogP contribution in [0, 0.1) is 6.92 Å². The van der Waals surface area contributed by atoms with Gasteiger partial charge in [0.25, 0.3) is 0 Å². The average molecular weight is 225 g/mol. The number of halogens is 1. The topological polar surface area (TPSA) is 17.8 Å². The summed E-state index contributed by atoms with van der Waals surface area (Å²) in [6.07, 6.45) is 0. The van der Waals surface area contributed by atoms with Gasteiger partial charge in [-0.1, -0.05) is 12.1 Å². The van der Waals surface area contributed by atoms with Crippen LogP contribution in [0.5, 0.6) is 0 Å². The van der Waals surface area contributed by atoms with Crippen molar-refractivity contribution >= 4 is 27.0 Å². The maximum absolute atomic E-state index is 4.35. The number of rotatable bonds is 0. The van der Waals surface area contributed by atoms with Crippen molar-refractivity contribution in [1.29, 1.82) is 0 Å². The summed E-state index contributed by atoms with van der Waals surface area (Å²) in [6.45, 7) is 2.09. The van der Waals surface area contributed by atoms with Crippen LogP contribution in [0.25, 0.3) is 11.0 Å². The third kappa shape index (κ3) is 0.966. The first kappa shape index (κ1) is 7.80. The van der Waals surface area contributed by atoms with Gasteiger partial charge in [-0.05, 0) is 34.5 Å². The molecular weight excluding hydrogens is 216 g/mol. The highest BCUT2D eigenvalue weighted by atomic mass is 79.9. The Morgan fingerprint density at radius 3 is 2.83 bits per heavy atom.